The molecular weight excluding hydrogens is 448 g/mol. The molecule has 3 N–H and O–H groups in total. The second-order valence-corrected chi connectivity index (χ2v) is 9.21. The Labute approximate surface area is 205 Å². The van der Waals surface area contributed by atoms with Gasteiger partial charge in [-0.25, -0.2) is 14.8 Å². The normalized spacial score (nSPS) is 16.5. The number of carboxylic acids is 1. The van der Waals surface area contributed by atoms with Gasteiger partial charge in [0.1, 0.15) is 11.9 Å². The molecule has 9 nitrogen and oxygen atoms in total. The van der Waals surface area contributed by atoms with E-state index in [1.165, 1.54) is 12.7 Å². The largest absolute Gasteiger partial charge is 0.481 e. The average molecular weight is 483 g/mol. The van der Waals surface area contributed by atoms with Crippen molar-refractivity contribution in [1.82, 2.24) is 15.3 Å². The minimum atomic E-state index is -1.07. The van der Waals surface area contributed by atoms with Crippen LogP contribution >= 0.6 is 0 Å². The lowest BCUT2D eigenvalue weighted by atomic mass is 9.95. The number of carbonyl (C=O) groups is 2. The first kappa shape index (κ1) is 24.9. The van der Waals surface area contributed by atoms with Gasteiger partial charge in [0, 0.05) is 43.6 Å². The second-order valence-electron chi connectivity index (χ2n) is 9.21. The van der Waals surface area contributed by atoms with Crippen LogP contribution in [0.3, 0.4) is 0 Å². The molecule has 4 rings (SSSR count). The molecule has 0 aromatic carbocycles. The molecule has 1 atom stereocenters. The zero-order valence-corrected chi connectivity index (χ0v) is 20.2. The van der Waals surface area contributed by atoms with E-state index in [0.29, 0.717) is 30.9 Å². The molecule has 188 valence electrons. The molecule has 1 fully saturated rings. The van der Waals surface area contributed by atoms with Crippen molar-refractivity contribution in [3.63, 3.8) is 0 Å². The Morgan fingerprint density at radius 3 is 2.86 bits per heavy atom. The van der Waals surface area contributed by atoms with Gasteiger partial charge in [-0.2, -0.15) is 0 Å². The Hall–Kier alpha value is -3.20. The van der Waals surface area contributed by atoms with Crippen LogP contribution in [-0.2, 0) is 32.6 Å². The molecule has 1 aliphatic carbocycles. The summed E-state index contributed by atoms with van der Waals surface area (Å²) >= 11 is 0. The van der Waals surface area contributed by atoms with Crippen molar-refractivity contribution < 1.29 is 24.2 Å². The lowest BCUT2D eigenvalue weighted by Gasteiger charge is -2.21. The molecule has 9 heteroatoms. The molecule has 1 aliphatic heterocycles. The van der Waals surface area contributed by atoms with E-state index >= 15 is 0 Å². The first-order chi connectivity index (χ1) is 17.0. The molecule has 1 amide bonds. The summed E-state index contributed by atoms with van der Waals surface area (Å²) in [6.45, 7) is 1.79. The number of pyridine rings is 2. The zero-order valence-electron chi connectivity index (χ0n) is 20.2. The van der Waals surface area contributed by atoms with Crippen LogP contribution in [0.4, 0.5) is 5.82 Å². The number of ether oxygens (including phenoxy) is 2. The van der Waals surface area contributed by atoms with Gasteiger partial charge in [0.05, 0.1) is 12.5 Å². The highest BCUT2D eigenvalue weighted by Crippen LogP contribution is 2.51. The number of nitrogens with one attached hydrogen (secondary N) is 2. The van der Waals surface area contributed by atoms with Crippen molar-refractivity contribution in [2.45, 2.75) is 62.8 Å². The van der Waals surface area contributed by atoms with Gasteiger partial charge in [0.25, 0.3) is 0 Å². The molecule has 2 aliphatic rings. The number of hydrogen-bond acceptors (Lipinski definition) is 7. The number of anilines is 1. The topological polar surface area (TPSA) is 123 Å². The zero-order chi connectivity index (χ0) is 24.7. The van der Waals surface area contributed by atoms with Gasteiger partial charge < -0.3 is 25.2 Å². The number of rotatable bonds is 13. The Bertz CT molecular complexity index is 1040. The molecule has 0 spiro atoms. The van der Waals surface area contributed by atoms with Crippen LogP contribution in [0, 0.1) is 0 Å². The fraction of sp³-hybridized carbons (Fsp3) is 0.538. The minimum Gasteiger partial charge on any atom is -0.481 e. The highest BCUT2D eigenvalue weighted by molar-refractivity contribution is 5.94. The van der Waals surface area contributed by atoms with Crippen LogP contribution < -0.4 is 15.4 Å². The van der Waals surface area contributed by atoms with E-state index in [2.05, 4.69) is 27.8 Å². The first-order valence-electron chi connectivity index (χ1n) is 12.4. The third-order valence-electron chi connectivity index (χ3n) is 6.74. The summed E-state index contributed by atoms with van der Waals surface area (Å²) in [6.07, 6.45) is 8.01. The third kappa shape index (κ3) is 6.08. The summed E-state index contributed by atoms with van der Waals surface area (Å²) in [4.78, 5) is 33.6. The van der Waals surface area contributed by atoms with Gasteiger partial charge in [0.15, 0.2) is 0 Å². The molecule has 0 unspecified atom stereocenters. The number of fused-ring (bicyclic) bond motifs is 1. The maximum absolute atomic E-state index is 13.0. The third-order valence-corrected chi connectivity index (χ3v) is 6.74. The van der Waals surface area contributed by atoms with E-state index in [9.17, 15) is 14.7 Å². The molecule has 0 bridgehead atoms. The number of aromatic nitrogens is 2. The summed E-state index contributed by atoms with van der Waals surface area (Å²) in [6, 6.07) is 6.83. The number of carboxylic acid groups (broad SMARTS) is 1. The molecule has 35 heavy (non-hydrogen) atoms. The highest BCUT2D eigenvalue weighted by atomic mass is 16.5. The highest BCUT2D eigenvalue weighted by Gasteiger charge is 2.53. The molecule has 0 radical (unpaired) electrons. The monoisotopic (exact) mass is 482 g/mol. The van der Waals surface area contributed by atoms with Gasteiger partial charge in [-0.3, -0.25) is 4.79 Å². The van der Waals surface area contributed by atoms with Crippen molar-refractivity contribution in [3.05, 3.63) is 47.3 Å². The summed E-state index contributed by atoms with van der Waals surface area (Å²) < 4.78 is 11.0. The van der Waals surface area contributed by atoms with Crippen LogP contribution in [0.1, 0.15) is 55.3 Å². The fourth-order valence-electron chi connectivity index (χ4n) is 4.54. The van der Waals surface area contributed by atoms with Gasteiger partial charge in [-0.15, -0.1) is 0 Å². The lowest BCUT2D eigenvalue weighted by molar-refractivity contribution is -0.142. The van der Waals surface area contributed by atoms with Gasteiger partial charge in [0.2, 0.25) is 11.8 Å². The molecule has 3 heterocycles. The quantitative estimate of drug-likeness (QED) is 0.373. The number of aryl methyl sites for hydroxylation is 2. The standard InChI is InChI=1S/C26H34N4O5/c1-34-23-20(8-5-15-28-23)26(12-13-26)25(33)30-21(24(31)32)11-17-35-16-3-2-7-19-10-9-18-6-4-14-27-22(18)29-19/h5,8-10,15,21H,2-4,6-7,11-14,16-17H2,1H3,(H,27,29)(H,30,33)(H,31,32)/t21-/m0/s1. The Morgan fingerprint density at radius 2 is 2.09 bits per heavy atom. The first-order valence-corrected chi connectivity index (χ1v) is 12.4. The second kappa shape index (κ2) is 11.5. The summed E-state index contributed by atoms with van der Waals surface area (Å²) in [5, 5.41) is 15.7. The Morgan fingerprint density at radius 1 is 1.23 bits per heavy atom. The van der Waals surface area contributed by atoms with Crippen molar-refractivity contribution in [2.75, 3.05) is 32.2 Å². The van der Waals surface area contributed by atoms with Crippen molar-refractivity contribution in [2.24, 2.45) is 0 Å². The van der Waals surface area contributed by atoms with Crippen LogP contribution in [0.25, 0.3) is 0 Å². The molecule has 2 aromatic heterocycles. The maximum atomic E-state index is 13.0. The minimum absolute atomic E-state index is 0.208. The number of aliphatic carboxylic acids is 1. The number of unbranched alkanes of at least 4 members (excludes halogenated alkanes) is 1. The number of methoxy groups -OCH3 is 1. The summed E-state index contributed by atoms with van der Waals surface area (Å²) in [5.41, 5.74) is 2.29. The molecule has 1 saturated carbocycles. The SMILES string of the molecule is COc1ncccc1C1(C(=O)N[C@@H](CCOCCCCc2ccc3c(n2)NCCC3)C(=O)O)CC1. The average Bonchev–Trinajstić information content (AvgIpc) is 3.69. The number of carbonyl (C=O) groups excluding carboxylic acids is 1. The predicted molar refractivity (Wildman–Crippen MR) is 131 cm³/mol. The lowest BCUT2D eigenvalue weighted by Crippen LogP contribution is -2.46. The van der Waals surface area contributed by atoms with Crippen molar-refractivity contribution in [3.8, 4) is 5.88 Å². The summed E-state index contributed by atoms with van der Waals surface area (Å²) in [5.74, 6) is 0.0464. The smallest absolute Gasteiger partial charge is 0.326 e. The number of nitrogens with zero attached hydrogens (tertiary/aromatic N) is 2. The van der Waals surface area contributed by atoms with Gasteiger partial charge >= 0.3 is 5.97 Å². The Balaban J connectivity index is 1.18. The molecule has 2 aromatic rings. The number of hydrogen-bond donors (Lipinski definition) is 3. The fourth-order valence-corrected chi connectivity index (χ4v) is 4.54. The van der Waals surface area contributed by atoms with Gasteiger partial charge in [-0.05, 0) is 62.6 Å². The summed E-state index contributed by atoms with van der Waals surface area (Å²) in [7, 11) is 1.51. The van der Waals surface area contributed by atoms with Crippen LogP contribution in [-0.4, -0.2) is 59.9 Å². The van der Waals surface area contributed by atoms with E-state index in [1.807, 2.05) is 6.07 Å². The van der Waals surface area contributed by atoms with E-state index in [0.717, 1.165) is 50.2 Å². The van der Waals surface area contributed by atoms with Crippen molar-refractivity contribution >= 4 is 17.7 Å². The van der Waals surface area contributed by atoms with E-state index < -0.39 is 17.4 Å². The molecular formula is C26H34N4O5. The predicted octanol–water partition coefficient (Wildman–Crippen LogP) is 2.87. The Kier molecular flexibility index (Phi) is 8.17. The van der Waals surface area contributed by atoms with Crippen molar-refractivity contribution in [1.29, 1.82) is 0 Å². The van der Waals surface area contributed by atoms with Crippen LogP contribution in [0.5, 0.6) is 5.88 Å². The number of amides is 1. The maximum Gasteiger partial charge on any atom is 0.326 e. The van der Waals surface area contributed by atoms with E-state index in [4.69, 9.17) is 14.5 Å². The van der Waals surface area contributed by atoms with E-state index in [-0.39, 0.29) is 18.9 Å². The van der Waals surface area contributed by atoms with Gasteiger partial charge in [-0.1, -0.05) is 12.1 Å². The molecule has 0 saturated heterocycles. The van der Waals surface area contributed by atoms with Crippen LogP contribution in [0.2, 0.25) is 0 Å². The van der Waals surface area contributed by atoms with Crippen LogP contribution in [0.15, 0.2) is 30.5 Å². The van der Waals surface area contributed by atoms with E-state index in [1.54, 1.807) is 12.3 Å².